The van der Waals surface area contributed by atoms with E-state index in [9.17, 15) is 9.90 Å². The predicted octanol–water partition coefficient (Wildman–Crippen LogP) is 0.397. The van der Waals surface area contributed by atoms with E-state index in [2.05, 4.69) is 5.32 Å². The van der Waals surface area contributed by atoms with Crippen molar-refractivity contribution in [2.75, 3.05) is 6.54 Å². The summed E-state index contributed by atoms with van der Waals surface area (Å²) in [5, 5.41) is 21.2. The summed E-state index contributed by atoms with van der Waals surface area (Å²) in [6.45, 7) is 5.44. The Morgan fingerprint density at radius 2 is 2.07 bits per heavy atom. The molecule has 0 radical (unpaired) electrons. The topological polar surface area (TPSA) is 78.8 Å². The highest BCUT2D eigenvalue weighted by molar-refractivity contribution is 5.67. The molecule has 1 amide bonds. The molecule has 0 aromatic carbocycles. The van der Waals surface area contributed by atoms with E-state index >= 15 is 0 Å². The van der Waals surface area contributed by atoms with Crippen molar-refractivity contribution < 1.29 is 19.7 Å². The SMILES string of the molecule is CC(C)(C)OC(=O)NCC1(O)CC(O)C1. The smallest absolute Gasteiger partial charge is 0.407 e. The summed E-state index contributed by atoms with van der Waals surface area (Å²) < 4.78 is 5.00. The molecule has 0 spiro atoms. The molecule has 1 rings (SSSR count). The van der Waals surface area contributed by atoms with E-state index in [-0.39, 0.29) is 6.54 Å². The van der Waals surface area contributed by atoms with Crippen molar-refractivity contribution in [2.24, 2.45) is 0 Å². The number of rotatable bonds is 2. The molecule has 5 nitrogen and oxygen atoms in total. The highest BCUT2D eigenvalue weighted by atomic mass is 16.6. The molecule has 0 saturated heterocycles. The van der Waals surface area contributed by atoms with Crippen LogP contribution in [-0.2, 0) is 4.74 Å². The van der Waals surface area contributed by atoms with Crippen LogP contribution >= 0.6 is 0 Å². The van der Waals surface area contributed by atoms with Crippen LogP contribution in [0, 0.1) is 0 Å². The molecular weight excluding hydrogens is 198 g/mol. The van der Waals surface area contributed by atoms with Gasteiger partial charge in [0, 0.05) is 19.4 Å². The minimum Gasteiger partial charge on any atom is -0.444 e. The third-order valence-corrected chi connectivity index (χ3v) is 2.19. The van der Waals surface area contributed by atoms with Gasteiger partial charge in [-0.25, -0.2) is 4.79 Å². The normalized spacial score (nSPS) is 30.6. The van der Waals surface area contributed by atoms with Gasteiger partial charge in [0.1, 0.15) is 5.60 Å². The molecule has 0 unspecified atom stereocenters. The monoisotopic (exact) mass is 217 g/mol. The van der Waals surface area contributed by atoms with Crippen LogP contribution in [0.3, 0.4) is 0 Å². The molecule has 0 bridgehead atoms. The molecule has 0 atom stereocenters. The van der Waals surface area contributed by atoms with E-state index in [0.717, 1.165) is 0 Å². The molecular formula is C10H19NO4. The van der Waals surface area contributed by atoms with Crippen LogP contribution in [0.1, 0.15) is 33.6 Å². The number of amides is 1. The summed E-state index contributed by atoms with van der Waals surface area (Å²) >= 11 is 0. The lowest BCUT2D eigenvalue weighted by molar-refractivity contribution is -0.110. The van der Waals surface area contributed by atoms with Crippen molar-refractivity contribution in [3.63, 3.8) is 0 Å². The first-order chi connectivity index (χ1) is 6.70. The number of ether oxygens (including phenoxy) is 1. The summed E-state index contributed by atoms with van der Waals surface area (Å²) in [5.74, 6) is 0. The van der Waals surface area contributed by atoms with Gasteiger partial charge in [0.2, 0.25) is 0 Å². The fourth-order valence-corrected chi connectivity index (χ4v) is 1.51. The van der Waals surface area contributed by atoms with Gasteiger partial charge in [-0.15, -0.1) is 0 Å². The third-order valence-electron chi connectivity index (χ3n) is 2.19. The molecule has 15 heavy (non-hydrogen) atoms. The summed E-state index contributed by atoms with van der Waals surface area (Å²) in [4.78, 5) is 11.2. The van der Waals surface area contributed by atoms with Crippen LogP contribution in [0.25, 0.3) is 0 Å². The molecule has 0 aromatic rings. The Morgan fingerprint density at radius 1 is 1.53 bits per heavy atom. The second-order valence-corrected chi connectivity index (χ2v) is 5.14. The van der Waals surface area contributed by atoms with Crippen LogP contribution in [0.4, 0.5) is 4.79 Å². The lowest BCUT2D eigenvalue weighted by Crippen LogP contribution is -2.54. The molecule has 1 aliphatic carbocycles. The molecule has 3 N–H and O–H groups in total. The first-order valence-electron chi connectivity index (χ1n) is 5.07. The van der Waals surface area contributed by atoms with Gasteiger partial charge >= 0.3 is 6.09 Å². The van der Waals surface area contributed by atoms with E-state index in [1.165, 1.54) is 0 Å². The minimum absolute atomic E-state index is 0.124. The van der Waals surface area contributed by atoms with Crippen LogP contribution < -0.4 is 5.32 Å². The number of aliphatic hydroxyl groups is 2. The van der Waals surface area contributed by atoms with Crippen molar-refractivity contribution in [1.29, 1.82) is 0 Å². The zero-order chi connectivity index (χ0) is 11.7. The van der Waals surface area contributed by atoms with E-state index in [0.29, 0.717) is 12.8 Å². The van der Waals surface area contributed by atoms with Crippen molar-refractivity contribution in [2.45, 2.75) is 50.9 Å². The second kappa shape index (κ2) is 3.98. The van der Waals surface area contributed by atoms with Gasteiger partial charge in [0.25, 0.3) is 0 Å². The number of alkyl carbamates (subject to hydrolysis) is 1. The van der Waals surface area contributed by atoms with Gasteiger partial charge in [-0.05, 0) is 20.8 Å². The van der Waals surface area contributed by atoms with Crippen LogP contribution in [0.2, 0.25) is 0 Å². The molecule has 88 valence electrons. The average molecular weight is 217 g/mol. The number of nitrogens with one attached hydrogen (secondary N) is 1. The maximum atomic E-state index is 11.2. The van der Waals surface area contributed by atoms with Crippen molar-refractivity contribution >= 4 is 6.09 Å². The van der Waals surface area contributed by atoms with Crippen LogP contribution in [-0.4, -0.2) is 40.2 Å². The van der Waals surface area contributed by atoms with Crippen molar-refractivity contribution in [3.8, 4) is 0 Å². The molecule has 0 heterocycles. The predicted molar refractivity (Wildman–Crippen MR) is 54.4 cm³/mol. The number of carbonyl (C=O) groups is 1. The van der Waals surface area contributed by atoms with Gasteiger partial charge in [-0.1, -0.05) is 0 Å². The molecule has 1 aliphatic rings. The van der Waals surface area contributed by atoms with E-state index < -0.39 is 23.4 Å². The van der Waals surface area contributed by atoms with Gasteiger partial charge in [-0.2, -0.15) is 0 Å². The highest BCUT2D eigenvalue weighted by Gasteiger charge is 2.42. The zero-order valence-corrected chi connectivity index (χ0v) is 9.41. The first kappa shape index (κ1) is 12.3. The van der Waals surface area contributed by atoms with Gasteiger partial charge in [0.05, 0.1) is 11.7 Å². The molecule has 1 saturated carbocycles. The van der Waals surface area contributed by atoms with Crippen LogP contribution in [0.15, 0.2) is 0 Å². The van der Waals surface area contributed by atoms with Crippen LogP contribution in [0.5, 0.6) is 0 Å². The number of hydrogen-bond acceptors (Lipinski definition) is 4. The number of hydrogen-bond donors (Lipinski definition) is 3. The Balaban J connectivity index is 2.23. The van der Waals surface area contributed by atoms with Gasteiger partial charge in [0.15, 0.2) is 0 Å². The fourth-order valence-electron chi connectivity index (χ4n) is 1.51. The average Bonchev–Trinajstić information content (AvgIpc) is 1.95. The quantitative estimate of drug-likeness (QED) is 0.625. The minimum atomic E-state index is -0.962. The standard InChI is InChI=1S/C10H19NO4/c1-9(2,3)15-8(13)11-6-10(14)4-7(12)5-10/h7,12,14H,4-6H2,1-3H3,(H,11,13). The van der Waals surface area contributed by atoms with E-state index in [4.69, 9.17) is 9.84 Å². The highest BCUT2D eigenvalue weighted by Crippen LogP contribution is 2.31. The largest absolute Gasteiger partial charge is 0.444 e. The van der Waals surface area contributed by atoms with E-state index in [1.54, 1.807) is 20.8 Å². The first-order valence-corrected chi connectivity index (χ1v) is 5.07. The number of carbonyl (C=O) groups excluding carboxylic acids is 1. The Labute approximate surface area is 89.4 Å². The summed E-state index contributed by atoms with van der Waals surface area (Å²) in [6, 6.07) is 0. The second-order valence-electron chi connectivity index (χ2n) is 5.14. The summed E-state index contributed by atoms with van der Waals surface area (Å²) in [6.07, 6.45) is -0.376. The molecule has 1 fully saturated rings. The molecule has 0 aromatic heterocycles. The fraction of sp³-hybridized carbons (Fsp3) is 0.900. The number of aliphatic hydroxyl groups excluding tert-OH is 1. The maximum Gasteiger partial charge on any atom is 0.407 e. The van der Waals surface area contributed by atoms with Gasteiger partial charge < -0.3 is 20.3 Å². The third kappa shape index (κ3) is 4.05. The summed E-state index contributed by atoms with van der Waals surface area (Å²) in [7, 11) is 0. The lowest BCUT2D eigenvalue weighted by Gasteiger charge is -2.40. The Hall–Kier alpha value is -0.810. The zero-order valence-electron chi connectivity index (χ0n) is 9.41. The Bertz CT molecular complexity index is 240. The molecule has 5 heteroatoms. The summed E-state index contributed by atoms with van der Waals surface area (Å²) in [5.41, 5.74) is -1.50. The van der Waals surface area contributed by atoms with Gasteiger partial charge in [-0.3, -0.25) is 0 Å². The Kier molecular flexibility index (Phi) is 3.25. The lowest BCUT2D eigenvalue weighted by atomic mass is 9.77. The van der Waals surface area contributed by atoms with Crippen molar-refractivity contribution in [3.05, 3.63) is 0 Å². The maximum absolute atomic E-state index is 11.2. The van der Waals surface area contributed by atoms with Crippen molar-refractivity contribution in [1.82, 2.24) is 5.32 Å². The molecule has 0 aliphatic heterocycles. The Morgan fingerprint density at radius 3 is 2.47 bits per heavy atom. The van der Waals surface area contributed by atoms with E-state index in [1.807, 2.05) is 0 Å².